The van der Waals surface area contributed by atoms with E-state index < -0.39 is 10.0 Å². The van der Waals surface area contributed by atoms with Crippen LogP contribution in [0, 0.1) is 0 Å². The summed E-state index contributed by atoms with van der Waals surface area (Å²) in [6.45, 7) is 8.58. The van der Waals surface area contributed by atoms with Crippen molar-refractivity contribution in [2.45, 2.75) is 62.8 Å². The Labute approximate surface area is 168 Å². The Bertz CT molecular complexity index is 753. The van der Waals surface area contributed by atoms with E-state index in [2.05, 4.69) is 9.62 Å². The summed E-state index contributed by atoms with van der Waals surface area (Å²) in [7, 11) is -3.50. The van der Waals surface area contributed by atoms with Gasteiger partial charge in [0, 0.05) is 32.2 Å². The highest BCUT2D eigenvalue weighted by Crippen LogP contribution is 2.19. The van der Waals surface area contributed by atoms with Crippen LogP contribution in [-0.2, 0) is 19.6 Å². The van der Waals surface area contributed by atoms with Crippen LogP contribution in [0.5, 0.6) is 0 Å². The second-order valence-corrected chi connectivity index (χ2v) is 9.64. The number of likely N-dealkylation sites (tertiary alicyclic amines) is 1. The van der Waals surface area contributed by atoms with Crippen molar-refractivity contribution in [3.63, 3.8) is 0 Å². The van der Waals surface area contributed by atoms with Gasteiger partial charge in [0.15, 0.2) is 0 Å². The van der Waals surface area contributed by atoms with E-state index in [1.165, 1.54) is 0 Å². The van der Waals surface area contributed by atoms with Crippen molar-refractivity contribution in [1.29, 1.82) is 0 Å². The molecule has 1 N–H and O–H groups in total. The van der Waals surface area contributed by atoms with Gasteiger partial charge in [-0.1, -0.05) is 18.2 Å². The summed E-state index contributed by atoms with van der Waals surface area (Å²) < 4.78 is 33.5. The molecule has 3 atom stereocenters. The number of nitrogens with zero attached hydrogens (tertiary/aromatic N) is 2. The minimum Gasteiger partial charge on any atom is -0.372 e. The van der Waals surface area contributed by atoms with E-state index in [1.807, 2.05) is 25.7 Å². The van der Waals surface area contributed by atoms with Crippen LogP contribution in [0.1, 0.15) is 33.6 Å². The van der Waals surface area contributed by atoms with Gasteiger partial charge in [0.1, 0.15) is 0 Å². The molecule has 0 aromatic heterocycles. The van der Waals surface area contributed by atoms with E-state index in [0.29, 0.717) is 39.0 Å². The smallest absolute Gasteiger partial charge is 0.240 e. The van der Waals surface area contributed by atoms with E-state index >= 15 is 0 Å². The van der Waals surface area contributed by atoms with Crippen molar-refractivity contribution in [2.24, 2.45) is 0 Å². The average molecular weight is 410 g/mol. The van der Waals surface area contributed by atoms with Gasteiger partial charge in [-0.05, 0) is 45.7 Å². The first kappa shape index (κ1) is 21.2. The molecule has 1 aromatic carbocycles. The van der Waals surface area contributed by atoms with Crippen LogP contribution in [0.3, 0.4) is 0 Å². The van der Waals surface area contributed by atoms with Crippen molar-refractivity contribution in [3.05, 3.63) is 30.3 Å². The lowest BCUT2D eigenvalue weighted by Crippen LogP contribution is -2.56. The van der Waals surface area contributed by atoms with Gasteiger partial charge in [-0.15, -0.1) is 0 Å². The summed E-state index contributed by atoms with van der Waals surface area (Å²) in [4.78, 5) is 17.2. The number of ether oxygens (including phenoxy) is 1. The summed E-state index contributed by atoms with van der Waals surface area (Å²) in [5.74, 6) is 0.130. The fraction of sp³-hybridized carbons (Fsp3) is 0.650. The highest BCUT2D eigenvalue weighted by Gasteiger charge is 2.33. The zero-order valence-electron chi connectivity index (χ0n) is 16.9. The molecule has 0 bridgehead atoms. The molecule has 2 heterocycles. The highest BCUT2D eigenvalue weighted by atomic mass is 32.2. The van der Waals surface area contributed by atoms with E-state index in [4.69, 9.17) is 4.74 Å². The molecule has 0 radical (unpaired) electrons. The van der Waals surface area contributed by atoms with Crippen molar-refractivity contribution in [1.82, 2.24) is 14.5 Å². The summed E-state index contributed by atoms with van der Waals surface area (Å²) in [6, 6.07) is 8.13. The molecular weight excluding hydrogens is 378 g/mol. The summed E-state index contributed by atoms with van der Waals surface area (Å²) in [5.41, 5.74) is 0. The van der Waals surface area contributed by atoms with Gasteiger partial charge in [-0.25, -0.2) is 13.1 Å². The standard InChI is InChI=1S/C20H31N3O4S/c1-15-13-23(14-16(2)27-15)20(24)17(3)22-11-9-18(10-12-22)21-28(25,26)19-7-5-4-6-8-19/h4-8,15-18,21H,9-14H2,1-3H3/t15-,16+,17-/m1/s1. The van der Waals surface area contributed by atoms with Gasteiger partial charge in [0.2, 0.25) is 15.9 Å². The number of carbonyl (C=O) groups excluding carboxylic acids is 1. The fourth-order valence-corrected chi connectivity index (χ4v) is 5.40. The quantitative estimate of drug-likeness (QED) is 0.796. The number of nitrogens with one attached hydrogen (secondary N) is 1. The van der Waals surface area contributed by atoms with Crippen molar-refractivity contribution in [3.8, 4) is 0 Å². The Balaban J connectivity index is 1.52. The molecule has 1 aromatic rings. The molecule has 1 amide bonds. The van der Waals surface area contributed by atoms with Gasteiger partial charge in [0.25, 0.3) is 0 Å². The van der Waals surface area contributed by atoms with Gasteiger partial charge < -0.3 is 9.64 Å². The molecule has 2 aliphatic heterocycles. The van der Waals surface area contributed by atoms with E-state index in [9.17, 15) is 13.2 Å². The van der Waals surface area contributed by atoms with Crippen LogP contribution in [0.2, 0.25) is 0 Å². The molecule has 0 spiro atoms. The van der Waals surface area contributed by atoms with Crippen molar-refractivity contribution >= 4 is 15.9 Å². The topological polar surface area (TPSA) is 79.0 Å². The van der Waals surface area contributed by atoms with Crippen molar-refractivity contribution in [2.75, 3.05) is 26.2 Å². The lowest BCUT2D eigenvalue weighted by Gasteiger charge is -2.40. The molecule has 7 nitrogen and oxygen atoms in total. The van der Waals surface area contributed by atoms with Crippen LogP contribution in [0.25, 0.3) is 0 Å². The first-order chi connectivity index (χ1) is 13.3. The van der Waals surface area contributed by atoms with Gasteiger partial charge in [-0.3, -0.25) is 9.69 Å². The second kappa shape index (κ2) is 8.90. The summed E-state index contributed by atoms with van der Waals surface area (Å²) in [5, 5.41) is 0. The third-order valence-corrected chi connectivity index (χ3v) is 7.08. The molecular formula is C20H31N3O4S. The van der Waals surface area contributed by atoms with Crippen molar-refractivity contribution < 1.29 is 17.9 Å². The zero-order chi connectivity index (χ0) is 20.3. The minimum absolute atomic E-state index is 0.0537. The number of rotatable bonds is 5. The maximum Gasteiger partial charge on any atom is 0.240 e. The van der Waals surface area contributed by atoms with Gasteiger partial charge >= 0.3 is 0 Å². The fourth-order valence-electron chi connectivity index (χ4n) is 4.07. The molecule has 3 rings (SSSR count). The number of sulfonamides is 1. The van der Waals surface area contributed by atoms with E-state index in [-0.39, 0.29) is 35.1 Å². The van der Waals surface area contributed by atoms with Crippen LogP contribution in [0.4, 0.5) is 0 Å². The van der Waals surface area contributed by atoms with Gasteiger partial charge in [0.05, 0.1) is 23.1 Å². The number of amides is 1. The number of benzene rings is 1. The molecule has 2 saturated heterocycles. The third kappa shape index (κ3) is 5.11. The molecule has 28 heavy (non-hydrogen) atoms. The molecule has 2 fully saturated rings. The number of morpholine rings is 1. The summed E-state index contributed by atoms with van der Waals surface area (Å²) >= 11 is 0. The molecule has 156 valence electrons. The third-order valence-electron chi connectivity index (χ3n) is 5.54. The predicted octanol–water partition coefficient (Wildman–Crippen LogP) is 1.45. The first-order valence-electron chi connectivity index (χ1n) is 10.0. The number of hydrogen-bond acceptors (Lipinski definition) is 5. The number of carbonyl (C=O) groups is 1. The lowest BCUT2D eigenvalue weighted by molar-refractivity contribution is -0.148. The van der Waals surface area contributed by atoms with E-state index in [0.717, 1.165) is 0 Å². The Morgan fingerprint density at radius 2 is 1.68 bits per heavy atom. The maximum atomic E-state index is 12.9. The minimum atomic E-state index is -3.50. The Hall–Kier alpha value is -1.48. The first-order valence-corrected chi connectivity index (χ1v) is 11.5. The highest BCUT2D eigenvalue weighted by molar-refractivity contribution is 7.89. The van der Waals surface area contributed by atoms with E-state index in [1.54, 1.807) is 30.3 Å². The molecule has 8 heteroatoms. The van der Waals surface area contributed by atoms with Gasteiger partial charge in [-0.2, -0.15) is 0 Å². The monoisotopic (exact) mass is 409 g/mol. The van der Waals surface area contributed by atoms with Crippen LogP contribution >= 0.6 is 0 Å². The maximum absolute atomic E-state index is 12.9. The second-order valence-electron chi connectivity index (χ2n) is 7.92. The lowest BCUT2D eigenvalue weighted by atomic mass is 10.0. The van der Waals surface area contributed by atoms with Crippen LogP contribution in [-0.4, -0.2) is 74.6 Å². The number of hydrogen-bond donors (Lipinski definition) is 1. The molecule has 0 aliphatic carbocycles. The normalized spacial score (nSPS) is 26.2. The SMILES string of the molecule is C[C@@H]1CN(C(=O)[C@@H](C)N2CCC(NS(=O)(=O)c3ccccc3)CC2)C[C@H](C)O1. The molecule has 0 unspecified atom stereocenters. The summed E-state index contributed by atoms with van der Waals surface area (Å²) in [6.07, 6.45) is 1.50. The van der Waals surface area contributed by atoms with Crippen LogP contribution < -0.4 is 4.72 Å². The average Bonchev–Trinajstić information content (AvgIpc) is 2.67. The molecule has 2 aliphatic rings. The molecule has 0 saturated carbocycles. The Kier molecular flexibility index (Phi) is 6.75. The predicted molar refractivity (Wildman–Crippen MR) is 107 cm³/mol. The Morgan fingerprint density at radius 3 is 2.25 bits per heavy atom. The Morgan fingerprint density at radius 1 is 1.11 bits per heavy atom. The number of piperidine rings is 1. The van der Waals surface area contributed by atoms with Crippen LogP contribution in [0.15, 0.2) is 35.2 Å². The zero-order valence-corrected chi connectivity index (χ0v) is 17.7. The largest absolute Gasteiger partial charge is 0.372 e.